The summed E-state index contributed by atoms with van der Waals surface area (Å²) in [5.41, 5.74) is 1.17. The van der Waals surface area contributed by atoms with Crippen molar-refractivity contribution in [3.63, 3.8) is 0 Å². The van der Waals surface area contributed by atoms with Gasteiger partial charge >= 0.3 is 0 Å². The van der Waals surface area contributed by atoms with Crippen LogP contribution in [0.5, 0.6) is 5.75 Å². The number of carbonyl (C=O) groups is 2. The average Bonchev–Trinajstić information content (AvgIpc) is 3.19. The van der Waals surface area contributed by atoms with E-state index in [1.807, 2.05) is 0 Å². The first kappa shape index (κ1) is 23.4. The lowest BCUT2D eigenvalue weighted by molar-refractivity contribution is -0.113. The van der Waals surface area contributed by atoms with Crippen molar-refractivity contribution in [2.75, 3.05) is 18.2 Å². The lowest BCUT2D eigenvalue weighted by Gasteiger charge is -2.09. The fourth-order valence-corrected chi connectivity index (χ4v) is 3.63. The minimum atomic E-state index is -0.247. The highest BCUT2D eigenvalue weighted by Crippen LogP contribution is 2.19. The van der Waals surface area contributed by atoms with Crippen LogP contribution >= 0.6 is 23.4 Å². The molecule has 2 N–H and O–H groups in total. The summed E-state index contributed by atoms with van der Waals surface area (Å²) in [5, 5.41) is 15.1. The van der Waals surface area contributed by atoms with E-state index in [0.717, 1.165) is 0 Å². The van der Waals surface area contributed by atoms with Crippen LogP contribution in [-0.4, -0.2) is 39.4 Å². The van der Waals surface area contributed by atoms with Crippen LogP contribution in [0.15, 0.2) is 66.3 Å². The SMILES string of the molecule is C=CCn1c(CNC(=O)c2ccc(Cl)cc2)nnc1SCC(=O)Nc1ccc(OC)cc1. The van der Waals surface area contributed by atoms with Gasteiger partial charge < -0.3 is 19.9 Å². The second-order valence-electron chi connectivity index (χ2n) is 6.55. The number of halogens is 1. The number of nitrogens with zero attached hydrogens (tertiary/aromatic N) is 3. The first-order chi connectivity index (χ1) is 15.5. The molecule has 3 rings (SSSR count). The molecule has 10 heteroatoms. The molecule has 166 valence electrons. The van der Waals surface area contributed by atoms with Crippen LogP contribution in [0.2, 0.25) is 5.02 Å². The van der Waals surface area contributed by atoms with Gasteiger partial charge in [0.2, 0.25) is 5.91 Å². The van der Waals surface area contributed by atoms with E-state index < -0.39 is 0 Å². The molecule has 0 atom stereocenters. The molecule has 2 amide bonds. The number of rotatable bonds is 10. The van der Waals surface area contributed by atoms with Crippen molar-refractivity contribution in [1.82, 2.24) is 20.1 Å². The molecule has 1 aromatic heterocycles. The summed E-state index contributed by atoms with van der Waals surface area (Å²) in [6.07, 6.45) is 1.70. The molecule has 0 unspecified atom stereocenters. The number of carbonyl (C=O) groups excluding carboxylic acids is 2. The van der Waals surface area contributed by atoms with Crippen LogP contribution in [0.25, 0.3) is 0 Å². The molecule has 0 saturated heterocycles. The van der Waals surface area contributed by atoms with E-state index in [2.05, 4.69) is 27.4 Å². The normalized spacial score (nSPS) is 10.4. The number of aromatic nitrogens is 3. The van der Waals surface area contributed by atoms with Crippen LogP contribution in [0.1, 0.15) is 16.2 Å². The first-order valence-corrected chi connectivity index (χ1v) is 11.0. The summed E-state index contributed by atoms with van der Waals surface area (Å²) in [7, 11) is 1.58. The molecular formula is C22H22ClN5O3S. The number of anilines is 1. The molecule has 0 spiro atoms. The Hall–Kier alpha value is -3.30. The average molecular weight is 472 g/mol. The van der Waals surface area contributed by atoms with Gasteiger partial charge in [-0.1, -0.05) is 29.4 Å². The zero-order valence-corrected chi connectivity index (χ0v) is 18.9. The summed E-state index contributed by atoms with van der Waals surface area (Å²) < 4.78 is 6.91. The van der Waals surface area contributed by atoms with Crippen molar-refractivity contribution in [2.24, 2.45) is 0 Å². The number of hydrogen-bond acceptors (Lipinski definition) is 6. The predicted molar refractivity (Wildman–Crippen MR) is 125 cm³/mol. The number of thioether (sulfide) groups is 1. The van der Waals surface area contributed by atoms with Gasteiger partial charge in [-0.2, -0.15) is 0 Å². The second-order valence-corrected chi connectivity index (χ2v) is 7.93. The molecule has 0 fully saturated rings. The fourth-order valence-electron chi connectivity index (χ4n) is 2.73. The van der Waals surface area contributed by atoms with Crippen LogP contribution in [-0.2, 0) is 17.9 Å². The molecule has 8 nitrogen and oxygen atoms in total. The minimum Gasteiger partial charge on any atom is -0.497 e. The molecule has 0 aliphatic rings. The Morgan fingerprint density at radius 3 is 2.53 bits per heavy atom. The van der Waals surface area contributed by atoms with Crippen molar-refractivity contribution in [3.8, 4) is 5.75 Å². The van der Waals surface area contributed by atoms with Crippen molar-refractivity contribution < 1.29 is 14.3 Å². The zero-order chi connectivity index (χ0) is 22.9. The number of ether oxygens (including phenoxy) is 1. The third kappa shape index (κ3) is 6.35. The Morgan fingerprint density at radius 1 is 1.16 bits per heavy atom. The number of nitrogens with one attached hydrogen (secondary N) is 2. The molecule has 1 heterocycles. The number of methoxy groups -OCH3 is 1. The summed E-state index contributed by atoms with van der Waals surface area (Å²) in [4.78, 5) is 24.6. The van der Waals surface area contributed by atoms with E-state index in [1.54, 1.807) is 66.3 Å². The summed E-state index contributed by atoms with van der Waals surface area (Å²) in [6.45, 7) is 4.39. The van der Waals surface area contributed by atoms with E-state index in [9.17, 15) is 9.59 Å². The standard InChI is InChI=1S/C22H22ClN5O3S/c1-3-12-28-19(13-24-21(30)15-4-6-16(23)7-5-15)26-27-22(28)32-14-20(29)25-17-8-10-18(31-2)11-9-17/h3-11H,1,12-14H2,2H3,(H,24,30)(H,25,29). The van der Waals surface area contributed by atoms with Crippen LogP contribution in [0.3, 0.4) is 0 Å². The third-order valence-corrected chi connectivity index (χ3v) is 5.54. The number of benzene rings is 2. The topological polar surface area (TPSA) is 98.1 Å². The zero-order valence-electron chi connectivity index (χ0n) is 17.4. The molecule has 0 aliphatic carbocycles. The molecule has 0 aliphatic heterocycles. The van der Waals surface area contributed by atoms with Gasteiger partial charge in [-0.15, -0.1) is 16.8 Å². The first-order valence-electron chi connectivity index (χ1n) is 9.63. The highest BCUT2D eigenvalue weighted by molar-refractivity contribution is 7.99. The number of allylic oxidation sites excluding steroid dienone is 1. The Morgan fingerprint density at radius 2 is 1.88 bits per heavy atom. The summed E-state index contributed by atoms with van der Waals surface area (Å²) in [6, 6.07) is 13.7. The third-order valence-electron chi connectivity index (χ3n) is 4.32. The van der Waals surface area contributed by atoms with E-state index >= 15 is 0 Å². The molecule has 3 aromatic rings. The van der Waals surface area contributed by atoms with Crippen molar-refractivity contribution in [3.05, 3.63) is 77.6 Å². The van der Waals surface area contributed by atoms with Crippen molar-refractivity contribution in [1.29, 1.82) is 0 Å². The van der Waals surface area contributed by atoms with Gasteiger partial charge in [0.05, 0.1) is 19.4 Å². The Kier molecular flexibility index (Phi) is 8.29. The minimum absolute atomic E-state index is 0.151. The highest BCUT2D eigenvalue weighted by atomic mass is 35.5. The Balaban J connectivity index is 1.58. The predicted octanol–water partition coefficient (Wildman–Crippen LogP) is 3.79. The number of amides is 2. The van der Waals surface area contributed by atoms with Gasteiger partial charge in [0.15, 0.2) is 11.0 Å². The molecule has 32 heavy (non-hydrogen) atoms. The molecule has 2 aromatic carbocycles. The summed E-state index contributed by atoms with van der Waals surface area (Å²) in [5.74, 6) is 1.00. The smallest absolute Gasteiger partial charge is 0.251 e. The lowest BCUT2D eigenvalue weighted by atomic mass is 10.2. The van der Waals surface area contributed by atoms with Gasteiger partial charge in [-0.3, -0.25) is 9.59 Å². The van der Waals surface area contributed by atoms with Gasteiger partial charge in [0, 0.05) is 22.8 Å². The van der Waals surface area contributed by atoms with Crippen LogP contribution < -0.4 is 15.4 Å². The lowest BCUT2D eigenvalue weighted by Crippen LogP contribution is -2.24. The van der Waals surface area contributed by atoms with E-state index in [4.69, 9.17) is 16.3 Å². The molecule has 0 radical (unpaired) electrons. The van der Waals surface area contributed by atoms with Crippen molar-refractivity contribution >= 4 is 40.9 Å². The van der Waals surface area contributed by atoms with Gasteiger partial charge in [-0.05, 0) is 48.5 Å². The maximum Gasteiger partial charge on any atom is 0.251 e. The molecule has 0 saturated carbocycles. The van der Waals surface area contributed by atoms with E-state index in [1.165, 1.54) is 11.8 Å². The Labute approximate surface area is 195 Å². The largest absolute Gasteiger partial charge is 0.497 e. The monoisotopic (exact) mass is 471 g/mol. The fraction of sp³-hybridized carbons (Fsp3) is 0.182. The van der Waals surface area contributed by atoms with E-state index in [-0.39, 0.29) is 24.1 Å². The molecular weight excluding hydrogens is 450 g/mol. The van der Waals surface area contributed by atoms with Gasteiger partial charge in [0.1, 0.15) is 5.75 Å². The van der Waals surface area contributed by atoms with E-state index in [0.29, 0.717) is 39.5 Å². The quantitative estimate of drug-likeness (QED) is 0.345. The Bertz CT molecular complexity index is 1080. The maximum absolute atomic E-state index is 12.3. The number of hydrogen-bond donors (Lipinski definition) is 2. The molecule has 0 bridgehead atoms. The van der Waals surface area contributed by atoms with Gasteiger partial charge in [-0.25, -0.2) is 0 Å². The second kappa shape index (κ2) is 11.4. The van der Waals surface area contributed by atoms with Crippen LogP contribution in [0.4, 0.5) is 5.69 Å². The maximum atomic E-state index is 12.3. The highest BCUT2D eigenvalue weighted by Gasteiger charge is 2.15. The van der Waals surface area contributed by atoms with Crippen LogP contribution in [0, 0.1) is 0 Å². The summed E-state index contributed by atoms with van der Waals surface area (Å²) >= 11 is 7.11. The van der Waals surface area contributed by atoms with Gasteiger partial charge in [0.25, 0.3) is 5.91 Å². The van der Waals surface area contributed by atoms with Crippen molar-refractivity contribution in [2.45, 2.75) is 18.2 Å².